The summed E-state index contributed by atoms with van der Waals surface area (Å²) in [4.78, 5) is 12.0. The molecule has 4 N–H and O–H groups in total. The van der Waals surface area contributed by atoms with E-state index >= 15 is 0 Å². The second-order valence-electron chi connectivity index (χ2n) is 8.54. The molecular weight excluding hydrogens is 450 g/mol. The van der Waals surface area contributed by atoms with E-state index in [2.05, 4.69) is 11.6 Å². The molecule has 3 atom stereocenters. The van der Waals surface area contributed by atoms with Crippen molar-refractivity contribution in [3.63, 3.8) is 0 Å². The molecule has 0 radical (unpaired) electrons. The molecule has 0 saturated carbocycles. The summed E-state index contributed by atoms with van der Waals surface area (Å²) in [5.74, 6) is -2.88. The van der Waals surface area contributed by atoms with E-state index in [1.807, 2.05) is 12.1 Å². The van der Waals surface area contributed by atoms with Gasteiger partial charge >= 0.3 is 5.97 Å². The number of aliphatic hydroxyl groups is 2. The maximum atomic E-state index is 13.3. The van der Waals surface area contributed by atoms with Crippen molar-refractivity contribution in [2.24, 2.45) is 0 Å². The number of nitrogens with one attached hydrogen (secondary N) is 1. The van der Waals surface area contributed by atoms with Gasteiger partial charge in [-0.05, 0) is 37.0 Å². The van der Waals surface area contributed by atoms with Gasteiger partial charge in [-0.1, -0.05) is 44.4 Å². The van der Waals surface area contributed by atoms with E-state index in [1.54, 1.807) is 12.1 Å². The van der Waals surface area contributed by atoms with Crippen LogP contribution in [0.3, 0.4) is 0 Å². The minimum Gasteiger partial charge on any atom is -0.478 e. The summed E-state index contributed by atoms with van der Waals surface area (Å²) in [5.41, 5.74) is 0.960. The maximum absolute atomic E-state index is 13.3. The maximum Gasteiger partial charge on any atom is 0.332 e. The Morgan fingerprint density at radius 2 is 1.79 bits per heavy atom. The number of para-hydroxylation sites is 1. The van der Waals surface area contributed by atoms with Gasteiger partial charge < -0.3 is 24.8 Å². The molecule has 1 heterocycles. The van der Waals surface area contributed by atoms with Gasteiger partial charge in [-0.15, -0.1) is 0 Å². The van der Waals surface area contributed by atoms with Crippen LogP contribution in [0, 0.1) is 0 Å². The summed E-state index contributed by atoms with van der Waals surface area (Å²) >= 11 is 0. The number of carbonyl (C=O) groups is 1. The molecular formula is C23H33NO8S. The Kier molecular flexibility index (Phi) is 8.52. The first-order valence-electron chi connectivity index (χ1n) is 11.4. The van der Waals surface area contributed by atoms with Crippen molar-refractivity contribution in [2.45, 2.75) is 75.1 Å². The third-order valence-electron chi connectivity index (χ3n) is 6.14. The molecule has 1 spiro atoms. The van der Waals surface area contributed by atoms with E-state index in [4.69, 9.17) is 9.47 Å². The fourth-order valence-electron chi connectivity index (χ4n) is 4.40. The largest absolute Gasteiger partial charge is 0.478 e. The molecule has 1 saturated heterocycles. The molecule has 1 aliphatic carbocycles. The Balaban J connectivity index is 1.82. The van der Waals surface area contributed by atoms with Crippen LogP contribution in [0.1, 0.15) is 51.0 Å². The van der Waals surface area contributed by atoms with Crippen molar-refractivity contribution in [3.8, 4) is 0 Å². The van der Waals surface area contributed by atoms with Crippen LogP contribution in [0.25, 0.3) is 0 Å². The molecule has 1 aromatic carbocycles. The van der Waals surface area contributed by atoms with Crippen molar-refractivity contribution in [2.75, 3.05) is 17.9 Å². The number of rotatable bonds is 11. The SMILES string of the molecule is CCCCCCc1ccccc1NS(=O)(=O)C1CCC2(C=C1C(=O)O)O[C@H](CO)[C@@H](CO)O2. The highest BCUT2D eigenvalue weighted by Crippen LogP contribution is 2.41. The van der Waals surface area contributed by atoms with Crippen molar-refractivity contribution in [1.29, 1.82) is 0 Å². The first kappa shape index (κ1) is 25.6. The lowest BCUT2D eigenvalue weighted by Crippen LogP contribution is -2.42. The second kappa shape index (κ2) is 11.0. The number of anilines is 1. The summed E-state index contributed by atoms with van der Waals surface area (Å²) in [6.45, 7) is 1.29. The molecule has 0 aromatic heterocycles. The number of benzene rings is 1. The minimum atomic E-state index is -4.08. The van der Waals surface area contributed by atoms with Gasteiger partial charge in [-0.3, -0.25) is 4.72 Å². The molecule has 184 valence electrons. The quantitative estimate of drug-likeness (QED) is 0.351. The molecule has 1 unspecified atom stereocenters. The number of hydrogen-bond donors (Lipinski definition) is 4. The molecule has 3 rings (SSSR count). The predicted octanol–water partition coefficient (Wildman–Crippen LogP) is 2.19. The highest BCUT2D eigenvalue weighted by atomic mass is 32.2. The first-order chi connectivity index (χ1) is 15.7. The number of ether oxygens (including phenoxy) is 2. The van der Waals surface area contributed by atoms with Crippen molar-refractivity contribution >= 4 is 21.7 Å². The molecule has 1 fully saturated rings. The Labute approximate surface area is 194 Å². The molecule has 9 nitrogen and oxygen atoms in total. The number of hydrogen-bond acceptors (Lipinski definition) is 7. The number of unbranched alkanes of at least 4 members (excludes halogenated alkanes) is 3. The van der Waals surface area contributed by atoms with Crippen LogP contribution >= 0.6 is 0 Å². The first-order valence-corrected chi connectivity index (χ1v) is 12.9. The highest BCUT2D eigenvalue weighted by molar-refractivity contribution is 7.93. The third kappa shape index (κ3) is 5.93. The zero-order valence-electron chi connectivity index (χ0n) is 18.8. The van der Waals surface area contributed by atoms with Gasteiger partial charge in [-0.25, -0.2) is 13.2 Å². The Morgan fingerprint density at radius 1 is 1.12 bits per heavy atom. The normalized spacial score (nSPS) is 24.6. The summed E-state index contributed by atoms with van der Waals surface area (Å²) in [5, 5.41) is 27.4. The van der Waals surface area contributed by atoms with Crippen molar-refractivity contribution < 1.29 is 38.0 Å². The number of aliphatic hydroxyl groups excluding tert-OH is 2. The highest BCUT2D eigenvalue weighted by Gasteiger charge is 2.51. The predicted molar refractivity (Wildman–Crippen MR) is 122 cm³/mol. The minimum absolute atomic E-state index is 0.0531. The molecule has 2 aliphatic rings. The van der Waals surface area contributed by atoms with Crippen LogP contribution in [0.15, 0.2) is 35.9 Å². The van der Waals surface area contributed by atoms with E-state index < -0.39 is 52.5 Å². The van der Waals surface area contributed by atoms with Gasteiger partial charge in [0.2, 0.25) is 10.0 Å². The van der Waals surface area contributed by atoms with Crippen LogP contribution in [0.5, 0.6) is 0 Å². The van der Waals surface area contributed by atoms with E-state index in [0.717, 1.165) is 43.7 Å². The van der Waals surface area contributed by atoms with Crippen molar-refractivity contribution in [3.05, 3.63) is 41.5 Å². The van der Waals surface area contributed by atoms with Gasteiger partial charge in [0.05, 0.1) is 24.5 Å². The number of aryl methyl sites for hydroxylation is 1. The Hall–Kier alpha value is -1.98. The van der Waals surface area contributed by atoms with Crippen molar-refractivity contribution in [1.82, 2.24) is 0 Å². The monoisotopic (exact) mass is 483 g/mol. The van der Waals surface area contributed by atoms with Crippen LogP contribution < -0.4 is 4.72 Å². The van der Waals surface area contributed by atoms with Gasteiger partial charge in [-0.2, -0.15) is 0 Å². The van der Waals surface area contributed by atoms with Gasteiger partial charge in [0, 0.05) is 6.42 Å². The van der Waals surface area contributed by atoms with E-state index in [9.17, 15) is 28.5 Å². The van der Waals surface area contributed by atoms with Gasteiger partial charge in [0.25, 0.3) is 0 Å². The summed E-state index contributed by atoms with van der Waals surface area (Å²) in [6, 6.07) is 7.14. The Bertz CT molecular complexity index is 949. The van der Waals surface area contributed by atoms with E-state index in [0.29, 0.717) is 5.69 Å². The average molecular weight is 484 g/mol. The molecule has 33 heavy (non-hydrogen) atoms. The van der Waals surface area contributed by atoms with E-state index in [1.165, 1.54) is 0 Å². The lowest BCUT2D eigenvalue weighted by molar-refractivity contribution is -0.153. The fraction of sp³-hybridized carbons (Fsp3) is 0.609. The summed E-state index contributed by atoms with van der Waals surface area (Å²) < 4.78 is 40.5. The third-order valence-corrected chi connectivity index (χ3v) is 7.89. The lowest BCUT2D eigenvalue weighted by atomic mass is 9.94. The molecule has 0 bridgehead atoms. The number of carboxylic acid groups (broad SMARTS) is 1. The zero-order chi connectivity index (χ0) is 24.1. The zero-order valence-corrected chi connectivity index (χ0v) is 19.6. The smallest absolute Gasteiger partial charge is 0.332 e. The lowest BCUT2D eigenvalue weighted by Gasteiger charge is -2.33. The Morgan fingerprint density at radius 3 is 2.39 bits per heavy atom. The summed E-state index contributed by atoms with van der Waals surface area (Å²) in [7, 11) is -4.08. The number of aliphatic carboxylic acids is 1. The van der Waals surface area contributed by atoms with Crippen LogP contribution in [-0.2, 0) is 30.7 Å². The molecule has 1 aliphatic heterocycles. The van der Waals surface area contributed by atoms with Gasteiger partial charge in [0.1, 0.15) is 17.5 Å². The molecule has 0 amide bonds. The second-order valence-corrected chi connectivity index (χ2v) is 10.4. The van der Waals surface area contributed by atoms with Gasteiger partial charge in [0.15, 0.2) is 5.79 Å². The molecule has 10 heteroatoms. The summed E-state index contributed by atoms with van der Waals surface area (Å²) in [6.07, 6.45) is 4.46. The van der Waals surface area contributed by atoms with Crippen LogP contribution in [0.2, 0.25) is 0 Å². The van der Waals surface area contributed by atoms with E-state index in [-0.39, 0.29) is 18.4 Å². The topological polar surface area (TPSA) is 142 Å². The van der Waals surface area contributed by atoms with Crippen LogP contribution in [-0.4, -0.2) is 66.2 Å². The average Bonchev–Trinajstić information content (AvgIpc) is 3.14. The fourth-order valence-corrected chi connectivity index (χ4v) is 5.98. The molecule has 1 aromatic rings. The number of sulfonamides is 1. The standard InChI is InChI=1S/C23H33NO8S/c1-2-3-4-5-8-16-9-6-7-10-18(16)24-33(29,30)21-11-12-23(13-17(21)22(27)28)31-19(14-25)20(15-26)32-23/h6-7,9-10,13,19-21,24-26H,2-5,8,11-12,14-15H2,1H3,(H,27,28)/t19-,20-,21?/m1/s1. The number of carboxylic acids is 1. The van der Waals surface area contributed by atoms with Crippen LogP contribution in [0.4, 0.5) is 5.69 Å².